The van der Waals surface area contributed by atoms with E-state index in [9.17, 15) is 83.9 Å². The summed E-state index contributed by atoms with van der Waals surface area (Å²) in [6.45, 7) is 14.6. The van der Waals surface area contributed by atoms with Gasteiger partial charge in [-0.15, -0.1) is 79.4 Å². The SMILES string of the molecule is CC1CCc2c(sc(NC(=O)/C=C/C(=O)O)c2C(N)=O)C1.CC1CCc2c(sc(NC(=O)c3ccccc3C(F)(F)F)c2C(N)=O)C1.CCCCC(CC)C(=O)Nc1sc2c(c1C(N)=O)CCC(C)C2.CSCCC(=O)Nc1sc2c(c1C(N)=O)CCC(C)C2.CSc1nccc(-c2ccc(S(=O)(=O)Nc3sc4c(c3C(N)=O)CCCC4)s2)n1.Cc1c(Cc2ccccc2)sc(NC(=O)CCC(=O)O)c1C(N)=O. The predicted octanol–water partition coefficient (Wildman–Crippen LogP) is 18.9. The molecular formula is C99H117F3N14O17S10. The van der Waals surface area contributed by atoms with Gasteiger partial charge in [-0.1, -0.05) is 109 Å². The van der Waals surface area contributed by atoms with Gasteiger partial charge in [0.25, 0.3) is 51.4 Å². The van der Waals surface area contributed by atoms with E-state index >= 15 is 0 Å². The van der Waals surface area contributed by atoms with Crippen molar-refractivity contribution in [3.8, 4) is 10.6 Å². The topological polar surface area (TPSA) is 551 Å². The van der Waals surface area contributed by atoms with Gasteiger partial charge in [0, 0.05) is 78.5 Å². The van der Waals surface area contributed by atoms with Gasteiger partial charge in [0.1, 0.15) is 34.2 Å². The smallest absolute Gasteiger partial charge is 0.417 e. The van der Waals surface area contributed by atoms with E-state index in [0.29, 0.717) is 101 Å². The third kappa shape index (κ3) is 30.8. The summed E-state index contributed by atoms with van der Waals surface area (Å²) in [4.78, 5) is 168. The van der Waals surface area contributed by atoms with Crippen LogP contribution in [0.4, 0.5) is 43.2 Å². The highest BCUT2D eigenvalue weighted by molar-refractivity contribution is 7.98. The fraction of sp³-hybridized carbons (Fsp3) is 0.404. The summed E-state index contributed by atoms with van der Waals surface area (Å²) in [5, 5.41) is 33.9. The third-order valence-electron chi connectivity index (χ3n) is 24.2. The summed E-state index contributed by atoms with van der Waals surface area (Å²) in [7, 11) is -3.85. The molecule has 766 valence electrons. The largest absolute Gasteiger partial charge is 0.481 e. The quantitative estimate of drug-likeness (QED) is 0.0106. The highest BCUT2D eigenvalue weighted by Gasteiger charge is 2.38. The first-order chi connectivity index (χ1) is 67.8. The highest BCUT2D eigenvalue weighted by Crippen LogP contribution is 2.47. The summed E-state index contributed by atoms with van der Waals surface area (Å²) in [5.41, 5.74) is 41.0. The summed E-state index contributed by atoms with van der Waals surface area (Å²) >= 11 is 12.4. The molecule has 143 heavy (non-hydrogen) atoms. The number of aliphatic carboxylic acids is 2. The average molecular weight is 2150 g/mol. The van der Waals surface area contributed by atoms with Gasteiger partial charge < -0.3 is 71.2 Å². The van der Waals surface area contributed by atoms with Gasteiger partial charge in [-0.05, 0) is 228 Å². The van der Waals surface area contributed by atoms with Crippen molar-refractivity contribution < 1.29 is 94.1 Å². The number of unbranched alkanes of at least 4 members (excludes halogenated alkanes) is 1. The highest BCUT2D eigenvalue weighted by atomic mass is 32.2. The van der Waals surface area contributed by atoms with Crippen molar-refractivity contribution in [1.82, 2.24) is 9.97 Å². The van der Waals surface area contributed by atoms with Crippen molar-refractivity contribution in [3.05, 3.63) is 204 Å². The number of carboxylic acid groups (broad SMARTS) is 2. The number of hydrogen-bond acceptors (Lipinski definition) is 26. The van der Waals surface area contributed by atoms with E-state index in [1.807, 2.05) is 49.8 Å². The first kappa shape index (κ1) is 113. The van der Waals surface area contributed by atoms with Crippen LogP contribution in [-0.4, -0.2) is 124 Å². The number of alkyl halides is 3. The van der Waals surface area contributed by atoms with Crippen LogP contribution in [0.2, 0.25) is 0 Å². The number of rotatable bonds is 32. The molecule has 15 rings (SSSR count). The number of nitrogens with two attached hydrogens (primary N) is 6. The average Bonchev–Trinajstić information content (AvgIpc) is 1.67. The minimum Gasteiger partial charge on any atom is -0.481 e. The molecule has 5 aliphatic carbocycles. The van der Waals surface area contributed by atoms with Crippen LogP contribution in [0, 0.1) is 36.5 Å². The number of halogens is 3. The maximum absolute atomic E-state index is 13.1. The Morgan fingerprint density at radius 3 is 1.45 bits per heavy atom. The zero-order valence-electron chi connectivity index (χ0n) is 80.3. The van der Waals surface area contributed by atoms with E-state index in [2.05, 4.69) is 75.9 Å². The number of carbonyl (C=O) groups is 13. The van der Waals surface area contributed by atoms with Crippen LogP contribution in [0.3, 0.4) is 0 Å². The fourth-order valence-corrected chi connectivity index (χ4v) is 28.5. The number of aryl methyl sites for hydroxylation is 1. The van der Waals surface area contributed by atoms with Gasteiger partial charge in [0.15, 0.2) is 5.16 Å². The zero-order valence-corrected chi connectivity index (χ0v) is 88.5. The molecule has 0 aliphatic heterocycles. The normalized spacial score (nSPS) is 15.6. The number of aromatic nitrogens is 2. The van der Waals surface area contributed by atoms with Crippen molar-refractivity contribution in [2.45, 2.75) is 218 Å². The molecule has 5 aliphatic rings. The van der Waals surface area contributed by atoms with E-state index in [1.165, 1.54) is 90.3 Å². The van der Waals surface area contributed by atoms with Crippen LogP contribution in [0.15, 0.2) is 101 Å². The lowest BCUT2D eigenvalue weighted by Crippen LogP contribution is -2.24. The van der Waals surface area contributed by atoms with Crippen LogP contribution in [0.25, 0.3) is 10.6 Å². The Bertz CT molecular complexity index is 6530. The third-order valence-corrected chi connectivity index (χ3v) is 35.6. The molecule has 20 N–H and O–H groups in total. The Kier molecular flexibility index (Phi) is 41.5. The molecule has 0 spiro atoms. The van der Waals surface area contributed by atoms with Crippen molar-refractivity contribution in [1.29, 1.82) is 0 Å². The number of thiophene rings is 7. The first-order valence-corrected chi connectivity index (χ1v) is 56.1. The number of anilines is 6. The number of primary amides is 6. The van der Waals surface area contributed by atoms with Crippen LogP contribution < -0.4 is 65.7 Å². The Morgan fingerprint density at radius 1 is 0.517 bits per heavy atom. The van der Waals surface area contributed by atoms with E-state index in [0.717, 1.165) is 227 Å². The number of carboxylic acids is 2. The van der Waals surface area contributed by atoms with Crippen molar-refractivity contribution in [2.75, 3.05) is 49.6 Å². The van der Waals surface area contributed by atoms with Crippen molar-refractivity contribution in [3.63, 3.8) is 0 Å². The minimum absolute atomic E-state index is 0.00808. The van der Waals surface area contributed by atoms with Gasteiger partial charge in [0.2, 0.25) is 23.6 Å². The lowest BCUT2D eigenvalue weighted by molar-refractivity contribution is -0.138. The molecule has 0 fully saturated rings. The molecule has 31 nitrogen and oxygen atoms in total. The number of benzene rings is 2. The summed E-state index contributed by atoms with van der Waals surface area (Å²) in [6.07, 6.45) is 21.4. The lowest BCUT2D eigenvalue weighted by atomic mass is 9.88. The maximum Gasteiger partial charge on any atom is 0.417 e. The maximum atomic E-state index is 13.1. The van der Waals surface area contributed by atoms with E-state index in [-0.39, 0.29) is 50.9 Å². The van der Waals surface area contributed by atoms with Gasteiger partial charge in [-0.2, -0.15) is 24.9 Å². The first-order valence-electron chi connectivity index (χ1n) is 46.3. The number of carbonyl (C=O) groups excluding carboxylic acids is 11. The molecule has 8 heterocycles. The Hall–Kier alpha value is -11.5. The standard InChI is InChI=1S/C18H17F3N2O2S.C18H18N4O3S4.C18H28N2O2S.C17H18N2O4S.C14H16N2O4S.C14H20N2O2S2/c1-9-6-7-11-13(8-9)26-17(14(11)15(22)24)23-16(25)10-4-2-3-5-12(10)18(19,20)21;1-26-18-20-9-8-11(21-18)13-6-7-14(27-13)29(24,25)22-17-15(16(19)23)10-4-2-3-5-12(10)28-17;1-4-6-7-12(5-2)17(22)20-18-15(16(19)21)13-9-8-11(3)10-14(13)23-18;1-10-12(9-11-5-3-2-4-6-11)24-17(15(10)16(18)23)19-13(20)7-8-14(21)22;1-7-2-3-8-9(6-7)21-14(12(8)13(15)20)16-10(17)4-5-11(18)19;1-8-3-4-9-10(7-8)20-14(12(9)13(15)18)16-11(17)5-6-19-2/h2-5,9H,6-8H2,1H3,(H2,22,24)(H,23,25);6-9,22H,2-5H2,1H3,(H2,19,23);11-12H,4-10H2,1-3H3,(H2,19,21)(H,20,22);2-6H,7-9H2,1H3,(H2,18,23)(H,19,20)(H,21,22);4-5,7H,2-3,6H2,1H3,(H2,15,20)(H,16,17)(H,18,19);8H,3-7H2,1-2H3,(H2,15,18)(H,16,17)/b;;;;5-4+;. The van der Waals surface area contributed by atoms with Crippen LogP contribution in [-0.2, 0) is 116 Å². The van der Waals surface area contributed by atoms with Crippen molar-refractivity contribution in [2.24, 2.45) is 64.0 Å². The predicted molar refractivity (Wildman–Crippen MR) is 564 cm³/mol. The molecule has 10 aromatic rings. The molecule has 5 unspecified atom stereocenters. The molecular weight excluding hydrogens is 2030 g/mol. The monoisotopic (exact) mass is 2150 g/mol. The molecule has 8 aromatic heterocycles. The second-order valence-corrected chi connectivity index (χ2v) is 46.5. The Balaban J connectivity index is 0.000000177. The van der Waals surface area contributed by atoms with Gasteiger partial charge >= 0.3 is 18.1 Å². The lowest BCUT2D eigenvalue weighted by Gasteiger charge is -2.18. The minimum atomic E-state index is -4.65. The molecule has 0 saturated heterocycles. The van der Waals surface area contributed by atoms with Crippen LogP contribution in [0.5, 0.6) is 0 Å². The van der Waals surface area contributed by atoms with E-state index in [1.54, 1.807) is 54.4 Å². The summed E-state index contributed by atoms with van der Waals surface area (Å²) in [5.74, 6) is -4.54. The number of sulfonamides is 1. The number of fused-ring (bicyclic) bond motifs is 5. The Labute approximate surface area is 863 Å². The van der Waals surface area contributed by atoms with E-state index in [4.69, 9.17) is 44.6 Å². The van der Waals surface area contributed by atoms with Crippen LogP contribution >= 0.6 is 103 Å². The number of hydrogen-bond donors (Lipinski definition) is 14. The second kappa shape index (κ2) is 52.3. The number of thioether (sulfide) groups is 2. The molecule has 0 bridgehead atoms. The van der Waals surface area contributed by atoms with Gasteiger partial charge in [-0.25, -0.2) is 23.2 Å². The fourth-order valence-electron chi connectivity index (χ4n) is 16.9. The summed E-state index contributed by atoms with van der Waals surface area (Å²) in [6, 6.07) is 19.3. The second-order valence-electron chi connectivity index (χ2n) is 35.1. The van der Waals surface area contributed by atoms with Crippen molar-refractivity contribution >= 4 is 220 Å². The molecule has 5 atom stereocenters. The molecule has 11 amide bonds. The molecule has 44 heteroatoms. The number of amides is 11. The molecule has 0 radical (unpaired) electrons. The number of nitrogens with one attached hydrogen (secondary N) is 6. The zero-order chi connectivity index (χ0) is 105. The van der Waals surface area contributed by atoms with Crippen LogP contribution in [0.1, 0.15) is 271 Å². The number of nitrogens with zero attached hydrogens (tertiary/aromatic N) is 2. The van der Waals surface area contributed by atoms with Gasteiger partial charge in [-0.3, -0.25) is 62.3 Å². The van der Waals surface area contributed by atoms with E-state index < -0.39 is 92.4 Å². The molecule has 2 aromatic carbocycles. The van der Waals surface area contributed by atoms with Gasteiger partial charge in [0.05, 0.1) is 61.5 Å². The molecule has 0 saturated carbocycles. The summed E-state index contributed by atoms with van der Waals surface area (Å²) < 4.78 is 68.1. The Morgan fingerprint density at radius 2 is 0.972 bits per heavy atom.